The molecule has 3 N–H and O–H groups in total. The molecule has 1 aliphatic heterocycles. The van der Waals surface area contributed by atoms with Gasteiger partial charge in [0.1, 0.15) is 11.4 Å². The van der Waals surface area contributed by atoms with Gasteiger partial charge in [-0.1, -0.05) is 6.92 Å². The van der Waals surface area contributed by atoms with Crippen LogP contribution in [0.1, 0.15) is 75.1 Å². The number of amides is 1. The van der Waals surface area contributed by atoms with Crippen LogP contribution in [-0.2, 0) is 4.79 Å². The van der Waals surface area contributed by atoms with E-state index in [0.717, 1.165) is 63.7 Å². The highest BCUT2D eigenvalue weighted by Gasteiger charge is 2.55. The van der Waals surface area contributed by atoms with Crippen molar-refractivity contribution in [1.82, 2.24) is 10.3 Å². The number of ether oxygens (including phenoxy) is 1. The van der Waals surface area contributed by atoms with Gasteiger partial charge in [0.25, 0.3) is 5.91 Å². The molecule has 4 bridgehead atoms. The number of piperidine rings is 1. The van der Waals surface area contributed by atoms with Gasteiger partial charge in [0.15, 0.2) is 0 Å². The first-order valence-corrected chi connectivity index (χ1v) is 13.0. The highest BCUT2D eigenvalue weighted by molar-refractivity contribution is 5.97. The van der Waals surface area contributed by atoms with E-state index in [2.05, 4.69) is 10.2 Å². The van der Waals surface area contributed by atoms with Gasteiger partial charge in [-0.15, -0.1) is 0 Å². The minimum Gasteiger partial charge on any atom is -0.481 e. The average molecular weight is 472 g/mol. The summed E-state index contributed by atoms with van der Waals surface area (Å²) in [7, 11) is 0. The number of carboxylic acid groups (broad SMARTS) is 1. The van der Waals surface area contributed by atoms with E-state index < -0.39 is 11.6 Å². The van der Waals surface area contributed by atoms with Crippen molar-refractivity contribution in [1.29, 1.82) is 0 Å². The molecule has 1 amide bonds. The molecule has 1 aromatic heterocycles. The predicted molar refractivity (Wildman–Crippen MR) is 127 cm³/mol. The molecule has 4 aliphatic carbocycles. The number of nitrogens with one attached hydrogen (secondary N) is 1. The molecule has 0 aromatic carbocycles. The highest BCUT2D eigenvalue weighted by atomic mass is 16.5. The van der Waals surface area contributed by atoms with Crippen LogP contribution in [0.2, 0.25) is 0 Å². The van der Waals surface area contributed by atoms with Crippen LogP contribution in [0, 0.1) is 23.7 Å². The molecule has 3 atom stereocenters. The standard InChI is InChI=1S/C26H37N3O5/c1-2-8-34-25-20(5-6-21(27-25)29-7-3-4-16(15-29)11-22(30)31)24(32)28-23-18-9-17-10-19(23)14-26(33,12-17)13-18/h5-6,16-19,23,33H,2-4,7-15H2,1H3,(H,28,32)(H,30,31)/t16-,17?,18?,19?,23-,26+/m0/s1. The number of anilines is 1. The van der Waals surface area contributed by atoms with Gasteiger partial charge in [0.05, 0.1) is 12.2 Å². The minimum absolute atomic E-state index is 0.0990. The Labute approximate surface area is 201 Å². The van der Waals surface area contributed by atoms with E-state index in [9.17, 15) is 19.8 Å². The number of nitrogens with zero attached hydrogens (tertiary/aromatic N) is 2. The topological polar surface area (TPSA) is 112 Å². The molecule has 1 aromatic rings. The number of hydrogen-bond acceptors (Lipinski definition) is 6. The van der Waals surface area contributed by atoms with Crippen LogP contribution in [0.5, 0.6) is 5.88 Å². The minimum atomic E-state index is -0.768. The number of carboxylic acids is 1. The molecule has 5 aliphatic rings. The van der Waals surface area contributed by atoms with Gasteiger partial charge >= 0.3 is 5.97 Å². The number of carbonyl (C=O) groups is 2. The number of aliphatic carboxylic acids is 1. The summed E-state index contributed by atoms with van der Waals surface area (Å²) in [5.74, 6) is 1.53. The Morgan fingerprint density at radius 1 is 1.24 bits per heavy atom. The van der Waals surface area contributed by atoms with Gasteiger partial charge in [-0.05, 0) is 87.2 Å². The number of carbonyl (C=O) groups excluding carboxylic acids is 1. The summed E-state index contributed by atoms with van der Waals surface area (Å²) in [6.07, 6.45) is 7.47. The first kappa shape index (κ1) is 23.4. The highest BCUT2D eigenvalue weighted by Crippen LogP contribution is 2.55. The van der Waals surface area contributed by atoms with Crippen LogP contribution in [-0.4, -0.2) is 58.4 Å². The lowest BCUT2D eigenvalue weighted by atomic mass is 9.52. The maximum atomic E-state index is 13.4. The summed E-state index contributed by atoms with van der Waals surface area (Å²) in [5, 5.41) is 23.3. The van der Waals surface area contributed by atoms with E-state index >= 15 is 0 Å². The Bertz CT molecular complexity index is 921. The smallest absolute Gasteiger partial charge is 0.303 e. The van der Waals surface area contributed by atoms with Gasteiger partial charge in [0, 0.05) is 25.6 Å². The van der Waals surface area contributed by atoms with Crippen LogP contribution >= 0.6 is 0 Å². The summed E-state index contributed by atoms with van der Waals surface area (Å²) in [4.78, 5) is 31.4. The largest absolute Gasteiger partial charge is 0.481 e. The lowest BCUT2D eigenvalue weighted by Gasteiger charge is -2.58. The summed E-state index contributed by atoms with van der Waals surface area (Å²) >= 11 is 0. The molecule has 2 unspecified atom stereocenters. The zero-order chi connectivity index (χ0) is 23.9. The molecular formula is C26H37N3O5. The molecule has 8 nitrogen and oxygen atoms in total. The predicted octanol–water partition coefficient (Wildman–Crippen LogP) is 3.23. The van der Waals surface area contributed by atoms with Crippen LogP contribution in [0.3, 0.4) is 0 Å². The van der Waals surface area contributed by atoms with Crippen molar-refractivity contribution in [2.75, 3.05) is 24.6 Å². The zero-order valence-corrected chi connectivity index (χ0v) is 20.0. The first-order valence-electron chi connectivity index (χ1n) is 13.0. The Morgan fingerprint density at radius 3 is 2.68 bits per heavy atom. The van der Waals surface area contributed by atoms with E-state index in [1.165, 1.54) is 0 Å². The molecule has 0 spiro atoms. The quantitative estimate of drug-likeness (QED) is 0.534. The van der Waals surface area contributed by atoms with E-state index in [-0.39, 0.29) is 24.3 Å². The molecular weight excluding hydrogens is 434 g/mol. The normalized spacial score (nSPS) is 34.2. The lowest BCUT2D eigenvalue weighted by Crippen LogP contribution is -2.61. The average Bonchev–Trinajstić information content (AvgIpc) is 2.78. The second kappa shape index (κ2) is 9.36. The lowest BCUT2D eigenvalue weighted by molar-refractivity contribution is -0.138. The molecule has 5 fully saturated rings. The third kappa shape index (κ3) is 4.74. The maximum absolute atomic E-state index is 13.4. The molecule has 6 rings (SSSR count). The maximum Gasteiger partial charge on any atom is 0.303 e. The number of aliphatic hydroxyl groups is 1. The van der Waals surface area contributed by atoms with Gasteiger partial charge in [-0.3, -0.25) is 9.59 Å². The summed E-state index contributed by atoms with van der Waals surface area (Å²) in [6.45, 7) is 3.96. The monoisotopic (exact) mass is 471 g/mol. The van der Waals surface area contributed by atoms with Gasteiger partial charge in [0.2, 0.25) is 5.88 Å². The number of hydrogen-bond donors (Lipinski definition) is 3. The van der Waals surface area contributed by atoms with E-state index in [0.29, 0.717) is 42.3 Å². The van der Waals surface area contributed by atoms with Crippen molar-refractivity contribution in [3.8, 4) is 5.88 Å². The van der Waals surface area contributed by atoms with Crippen molar-refractivity contribution in [3.05, 3.63) is 17.7 Å². The Hall–Kier alpha value is -2.35. The Balaban J connectivity index is 1.32. The van der Waals surface area contributed by atoms with Crippen LogP contribution in [0.15, 0.2) is 12.1 Å². The summed E-state index contributed by atoms with van der Waals surface area (Å²) < 4.78 is 5.92. The van der Waals surface area contributed by atoms with E-state index in [1.54, 1.807) is 6.07 Å². The Kier molecular flexibility index (Phi) is 6.44. The van der Waals surface area contributed by atoms with Gasteiger partial charge < -0.3 is 25.2 Å². The van der Waals surface area contributed by atoms with Gasteiger partial charge in [-0.25, -0.2) is 0 Å². The summed E-state index contributed by atoms with van der Waals surface area (Å²) in [5.41, 5.74) is -0.0766. The van der Waals surface area contributed by atoms with Crippen LogP contribution in [0.4, 0.5) is 5.82 Å². The number of aromatic nitrogens is 1. The van der Waals surface area contributed by atoms with Crippen LogP contribution < -0.4 is 15.0 Å². The van der Waals surface area contributed by atoms with Gasteiger partial charge in [-0.2, -0.15) is 4.98 Å². The van der Waals surface area contributed by atoms with Crippen molar-refractivity contribution in [2.45, 2.75) is 76.4 Å². The SMILES string of the molecule is CCCOc1nc(N2CCC[C@@H](CC(=O)O)C2)ccc1C(=O)N[C@H]1C2CC3CC1C[C@@](O)(C3)C2. The molecule has 4 saturated carbocycles. The third-order valence-electron chi connectivity index (χ3n) is 8.38. The molecule has 2 heterocycles. The Morgan fingerprint density at radius 2 is 2.00 bits per heavy atom. The molecule has 8 heteroatoms. The van der Waals surface area contributed by atoms with Crippen molar-refractivity contribution < 1.29 is 24.5 Å². The molecule has 186 valence electrons. The van der Waals surface area contributed by atoms with E-state index in [4.69, 9.17) is 9.72 Å². The first-order chi connectivity index (χ1) is 16.3. The summed E-state index contributed by atoms with van der Waals surface area (Å²) in [6, 6.07) is 3.76. The van der Waals surface area contributed by atoms with Crippen molar-refractivity contribution >= 4 is 17.7 Å². The fourth-order valence-corrected chi connectivity index (χ4v) is 7.22. The molecule has 1 saturated heterocycles. The van der Waals surface area contributed by atoms with Crippen molar-refractivity contribution in [2.24, 2.45) is 23.7 Å². The van der Waals surface area contributed by atoms with Crippen LogP contribution in [0.25, 0.3) is 0 Å². The van der Waals surface area contributed by atoms with Crippen molar-refractivity contribution in [3.63, 3.8) is 0 Å². The molecule has 34 heavy (non-hydrogen) atoms. The second-order valence-corrected chi connectivity index (χ2v) is 11.1. The van der Waals surface area contributed by atoms with E-state index in [1.807, 2.05) is 13.0 Å². The fourth-order valence-electron chi connectivity index (χ4n) is 7.22. The molecule has 0 radical (unpaired) electrons. The second-order valence-electron chi connectivity index (χ2n) is 11.1. The fraction of sp³-hybridized carbons (Fsp3) is 0.731. The zero-order valence-electron chi connectivity index (χ0n) is 20.0. The third-order valence-corrected chi connectivity index (χ3v) is 8.38. The number of pyridine rings is 1. The number of rotatable bonds is 8.